The second-order valence-corrected chi connectivity index (χ2v) is 7.69. The lowest BCUT2D eigenvalue weighted by Crippen LogP contribution is -2.31. The maximum absolute atomic E-state index is 3.64. The number of fused-ring (bicyclic) bond motifs is 1. The van der Waals surface area contributed by atoms with E-state index in [1.807, 2.05) is 0 Å². The van der Waals surface area contributed by atoms with E-state index in [2.05, 4.69) is 69.0 Å². The molecule has 0 saturated carbocycles. The van der Waals surface area contributed by atoms with E-state index in [0.717, 1.165) is 6.42 Å². The number of halogens is 1. The van der Waals surface area contributed by atoms with E-state index >= 15 is 0 Å². The van der Waals surface area contributed by atoms with Gasteiger partial charge in [-0.25, -0.2) is 4.58 Å². The quantitative estimate of drug-likeness (QED) is 0.658. The Morgan fingerprint density at radius 1 is 0.957 bits per heavy atom. The fourth-order valence-corrected chi connectivity index (χ4v) is 4.62. The van der Waals surface area contributed by atoms with Gasteiger partial charge >= 0.3 is 0 Å². The van der Waals surface area contributed by atoms with Crippen LogP contribution < -0.4 is 0 Å². The first-order valence-corrected chi connectivity index (χ1v) is 9.53. The molecule has 0 unspecified atom stereocenters. The Bertz CT molecular complexity index is 725. The average Bonchev–Trinajstić information content (AvgIpc) is 3.10. The van der Waals surface area contributed by atoms with E-state index in [4.69, 9.17) is 0 Å². The average molecular weight is 369 g/mol. The highest BCUT2D eigenvalue weighted by Gasteiger charge is 2.33. The van der Waals surface area contributed by atoms with E-state index in [1.165, 1.54) is 54.4 Å². The van der Waals surface area contributed by atoms with Crippen LogP contribution in [0.2, 0.25) is 0 Å². The van der Waals surface area contributed by atoms with Crippen molar-refractivity contribution in [2.75, 3.05) is 13.1 Å². The summed E-state index contributed by atoms with van der Waals surface area (Å²) in [6.45, 7) is 2.51. The Balaban J connectivity index is 1.76. The maximum atomic E-state index is 3.64. The van der Waals surface area contributed by atoms with E-state index in [9.17, 15) is 0 Å². The third-order valence-corrected chi connectivity index (χ3v) is 5.82. The van der Waals surface area contributed by atoms with Crippen LogP contribution in [-0.4, -0.2) is 23.4 Å². The first-order valence-electron chi connectivity index (χ1n) is 8.74. The molecule has 23 heavy (non-hydrogen) atoms. The largest absolute Gasteiger partial charge is 0.236 e. The highest BCUT2D eigenvalue weighted by molar-refractivity contribution is 9.10. The summed E-state index contributed by atoms with van der Waals surface area (Å²) in [6.07, 6.45) is 6.25. The molecule has 0 spiro atoms. The van der Waals surface area contributed by atoms with Crippen LogP contribution in [0.1, 0.15) is 41.9 Å². The summed E-state index contributed by atoms with van der Waals surface area (Å²) in [6, 6.07) is 17.9. The van der Waals surface area contributed by atoms with Crippen molar-refractivity contribution in [2.45, 2.75) is 38.0 Å². The molecule has 1 aliphatic carbocycles. The van der Waals surface area contributed by atoms with Gasteiger partial charge in [0.1, 0.15) is 13.1 Å². The zero-order chi connectivity index (χ0) is 15.6. The van der Waals surface area contributed by atoms with Gasteiger partial charge in [0.25, 0.3) is 0 Å². The van der Waals surface area contributed by atoms with Gasteiger partial charge in [-0.15, -0.1) is 0 Å². The molecule has 0 bridgehead atoms. The molecule has 1 saturated heterocycles. The molecule has 0 amide bonds. The smallest absolute Gasteiger partial charge is 0.160 e. The molecule has 0 aromatic heterocycles. The van der Waals surface area contributed by atoms with Gasteiger partial charge in [0.2, 0.25) is 0 Å². The van der Waals surface area contributed by atoms with Gasteiger partial charge < -0.3 is 0 Å². The molecule has 1 heterocycles. The van der Waals surface area contributed by atoms with Crippen LogP contribution in [0.15, 0.2) is 53.0 Å². The van der Waals surface area contributed by atoms with Gasteiger partial charge in [-0.05, 0) is 41.7 Å². The van der Waals surface area contributed by atoms with Gasteiger partial charge in [0.15, 0.2) is 5.71 Å². The van der Waals surface area contributed by atoms with Crippen molar-refractivity contribution in [1.82, 2.24) is 0 Å². The fraction of sp³-hybridized carbons (Fsp3) is 0.381. The molecular weight excluding hydrogens is 346 g/mol. The number of hydrogen-bond donors (Lipinski definition) is 0. The Labute approximate surface area is 147 Å². The molecular formula is C21H23BrN+. The van der Waals surface area contributed by atoms with Gasteiger partial charge in [-0.2, -0.15) is 0 Å². The van der Waals surface area contributed by atoms with Crippen LogP contribution in [0.5, 0.6) is 0 Å². The fourth-order valence-electron chi connectivity index (χ4n) is 4.21. The van der Waals surface area contributed by atoms with Gasteiger partial charge in [0, 0.05) is 23.7 Å². The number of hydrogen-bond acceptors (Lipinski definition) is 0. The summed E-state index contributed by atoms with van der Waals surface area (Å²) in [5.74, 6) is 0.548. The topological polar surface area (TPSA) is 3.01 Å². The minimum atomic E-state index is 0.548. The Morgan fingerprint density at radius 3 is 2.52 bits per heavy atom. The maximum Gasteiger partial charge on any atom is 0.160 e. The third kappa shape index (κ3) is 3.14. The molecule has 1 atom stereocenters. The summed E-state index contributed by atoms with van der Waals surface area (Å²) in [5, 5.41) is 0. The Kier molecular flexibility index (Phi) is 4.35. The van der Waals surface area contributed by atoms with E-state index < -0.39 is 0 Å². The predicted octanol–water partition coefficient (Wildman–Crippen LogP) is 4.97. The zero-order valence-electron chi connectivity index (χ0n) is 13.5. The van der Waals surface area contributed by atoms with Gasteiger partial charge in [0.05, 0.1) is 5.92 Å². The normalized spacial score (nSPS) is 20.7. The van der Waals surface area contributed by atoms with Crippen LogP contribution >= 0.6 is 15.9 Å². The first-order chi connectivity index (χ1) is 11.3. The minimum absolute atomic E-state index is 0.548. The SMILES string of the molecule is Brc1ccc2c(c1)CCC(=[N+]1CCCC1)[C@@H]2Cc1ccccc1. The zero-order valence-corrected chi connectivity index (χ0v) is 15.1. The standard InChI is InChI=1S/C21H23BrN/c22-18-9-10-19-17(15-18)8-11-21(23-12-4-5-13-23)20(19)14-16-6-2-1-3-7-16/h1-3,6-7,9-10,15,20H,4-5,8,11-14H2/q+1/t20-/m1/s1. The molecule has 4 rings (SSSR count). The second kappa shape index (κ2) is 6.60. The van der Waals surface area contributed by atoms with Gasteiger partial charge in [-0.3, -0.25) is 0 Å². The lowest BCUT2D eigenvalue weighted by molar-refractivity contribution is -0.509. The predicted molar refractivity (Wildman–Crippen MR) is 99.6 cm³/mol. The van der Waals surface area contributed by atoms with Crippen LogP contribution in [0, 0.1) is 0 Å². The Hall–Kier alpha value is -1.41. The summed E-state index contributed by atoms with van der Waals surface area (Å²) < 4.78 is 3.89. The Morgan fingerprint density at radius 2 is 1.74 bits per heavy atom. The van der Waals surface area contributed by atoms with E-state index in [0.29, 0.717) is 5.92 Å². The second-order valence-electron chi connectivity index (χ2n) is 6.77. The summed E-state index contributed by atoms with van der Waals surface area (Å²) >= 11 is 3.64. The molecule has 2 aromatic carbocycles. The summed E-state index contributed by atoms with van der Waals surface area (Å²) in [5.41, 5.74) is 6.21. The third-order valence-electron chi connectivity index (χ3n) is 5.33. The van der Waals surface area contributed by atoms with Crippen molar-refractivity contribution >= 4 is 21.6 Å². The van der Waals surface area contributed by atoms with Crippen LogP contribution in [0.3, 0.4) is 0 Å². The van der Waals surface area contributed by atoms with Crippen LogP contribution in [0.4, 0.5) is 0 Å². The molecule has 1 nitrogen and oxygen atoms in total. The van der Waals surface area contributed by atoms with Crippen LogP contribution in [-0.2, 0) is 12.8 Å². The van der Waals surface area contributed by atoms with E-state index in [-0.39, 0.29) is 0 Å². The summed E-state index contributed by atoms with van der Waals surface area (Å²) in [7, 11) is 0. The lowest BCUT2D eigenvalue weighted by atomic mass is 9.78. The molecule has 0 radical (unpaired) electrons. The molecule has 2 aromatic rings. The number of rotatable bonds is 2. The van der Waals surface area contributed by atoms with Crippen molar-refractivity contribution in [3.63, 3.8) is 0 Å². The van der Waals surface area contributed by atoms with Gasteiger partial charge in [-0.1, -0.05) is 52.3 Å². The van der Waals surface area contributed by atoms with Crippen LogP contribution in [0.25, 0.3) is 0 Å². The first kappa shape index (κ1) is 15.1. The van der Waals surface area contributed by atoms with Crippen molar-refractivity contribution in [3.8, 4) is 0 Å². The highest BCUT2D eigenvalue weighted by Crippen LogP contribution is 2.34. The van der Waals surface area contributed by atoms with Crippen molar-refractivity contribution < 1.29 is 4.58 Å². The molecule has 1 aliphatic heterocycles. The number of aryl methyl sites for hydroxylation is 1. The van der Waals surface area contributed by atoms with Crippen molar-refractivity contribution in [1.29, 1.82) is 0 Å². The highest BCUT2D eigenvalue weighted by atomic mass is 79.9. The number of benzene rings is 2. The molecule has 0 N–H and O–H groups in total. The van der Waals surface area contributed by atoms with E-state index in [1.54, 1.807) is 11.3 Å². The molecule has 1 fully saturated rings. The molecule has 2 heteroatoms. The summed E-state index contributed by atoms with van der Waals surface area (Å²) in [4.78, 5) is 0. The lowest BCUT2D eigenvalue weighted by Gasteiger charge is -2.26. The molecule has 118 valence electrons. The number of nitrogens with zero attached hydrogens (tertiary/aromatic N) is 1. The minimum Gasteiger partial charge on any atom is -0.236 e. The molecule has 2 aliphatic rings. The monoisotopic (exact) mass is 368 g/mol. The van der Waals surface area contributed by atoms with Crippen molar-refractivity contribution in [2.24, 2.45) is 0 Å². The van der Waals surface area contributed by atoms with Crippen molar-refractivity contribution in [3.05, 3.63) is 69.7 Å².